The van der Waals surface area contributed by atoms with Gasteiger partial charge in [0.1, 0.15) is 11.9 Å². The Bertz CT molecular complexity index is 517. The molecule has 1 atom stereocenters. The molecular formula is C13H12BrFO3. The van der Waals surface area contributed by atoms with E-state index in [4.69, 9.17) is 0 Å². The van der Waals surface area contributed by atoms with Crippen LogP contribution in [0.15, 0.2) is 16.6 Å². The van der Waals surface area contributed by atoms with Crippen LogP contribution in [-0.2, 0) is 9.53 Å². The molecule has 0 aliphatic heterocycles. The quantitative estimate of drug-likeness (QED) is 0.518. The van der Waals surface area contributed by atoms with E-state index in [0.29, 0.717) is 10.0 Å². The Kier molecular flexibility index (Phi) is 5.32. The minimum atomic E-state index is -1.37. The molecule has 0 aliphatic carbocycles. The van der Waals surface area contributed by atoms with E-state index in [1.54, 1.807) is 19.9 Å². The third-order valence-electron chi connectivity index (χ3n) is 2.13. The van der Waals surface area contributed by atoms with E-state index in [9.17, 15) is 14.3 Å². The van der Waals surface area contributed by atoms with Gasteiger partial charge >= 0.3 is 5.97 Å². The molecule has 0 saturated heterocycles. The molecule has 96 valence electrons. The summed E-state index contributed by atoms with van der Waals surface area (Å²) in [6.07, 6.45) is -1.37. The predicted octanol–water partition coefficient (Wildman–Crippen LogP) is 2.50. The lowest BCUT2D eigenvalue weighted by Gasteiger charge is -2.08. The summed E-state index contributed by atoms with van der Waals surface area (Å²) >= 11 is 3.20. The number of esters is 1. The SMILES string of the molecule is CCOC(=O)C#CC(O)c1cc(Br)cc(C)c1F. The second kappa shape index (κ2) is 6.53. The lowest BCUT2D eigenvalue weighted by Crippen LogP contribution is -2.03. The van der Waals surface area contributed by atoms with E-state index in [1.165, 1.54) is 6.07 Å². The van der Waals surface area contributed by atoms with Gasteiger partial charge in [-0.2, -0.15) is 0 Å². The van der Waals surface area contributed by atoms with Crippen molar-refractivity contribution in [2.45, 2.75) is 20.0 Å². The van der Waals surface area contributed by atoms with Crippen LogP contribution >= 0.6 is 15.9 Å². The zero-order chi connectivity index (χ0) is 13.7. The van der Waals surface area contributed by atoms with Gasteiger partial charge in [0.2, 0.25) is 0 Å². The molecule has 1 unspecified atom stereocenters. The van der Waals surface area contributed by atoms with Crippen LogP contribution in [0.1, 0.15) is 24.2 Å². The Hall–Kier alpha value is -1.38. The van der Waals surface area contributed by atoms with E-state index >= 15 is 0 Å². The van der Waals surface area contributed by atoms with Crippen LogP contribution in [0.5, 0.6) is 0 Å². The number of ether oxygens (including phenoxy) is 1. The largest absolute Gasteiger partial charge is 0.456 e. The molecule has 0 bridgehead atoms. The summed E-state index contributed by atoms with van der Waals surface area (Å²) in [5.74, 6) is 3.07. The Balaban J connectivity index is 2.97. The smallest absolute Gasteiger partial charge is 0.384 e. The number of halogens is 2. The number of rotatable bonds is 2. The summed E-state index contributed by atoms with van der Waals surface area (Å²) < 4.78 is 19.0. The highest BCUT2D eigenvalue weighted by atomic mass is 79.9. The molecule has 1 aromatic rings. The van der Waals surface area contributed by atoms with Gasteiger partial charge in [0, 0.05) is 16.0 Å². The second-order valence-electron chi connectivity index (χ2n) is 3.52. The van der Waals surface area contributed by atoms with Crippen LogP contribution in [0.4, 0.5) is 4.39 Å². The van der Waals surface area contributed by atoms with Gasteiger partial charge in [0.15, 0.2) is 0 Å². The Morgan fingerprint density at radius 2 is 2.28 bits per heavy atom. The van der Waals surface area contributed by atoms with Gasteiger partial charge in [0.25, 0.3) is 0 Å². The van der Waals surface area contributed by atoms with Crippen molar-refractivity contribution in [2.24, 2.45) is 0 Å². The van der Waals surface area contributed by atoms with Crippen molar-refractivity contribution < 1.29 is 19.0 Å². The summed E-state index contributed by atoms with van der Waals surface area (Å²) in [7, 11) is 0. The molecule has 0 radical (unpaired) electrons. The van der Waals surface area contributed by atoms with Crippen LogP contribution in [0.3, 0.4) is 0 Å². The van der Waals surface area contributed by atoms with Crippen LogP contribution in [0.2, 0.25) is 0 Å². The zero-order valence-corrected chi connectivity index (χ0v) is 11.5. The minimum absolute atomic E-state index is 0.0265. The maximum Gasteiger partial charge on any atom is 0.384 e. The molecule has 3 nitrogen and oxygen atoms in total. The van der Waals surface area contributed by atoms with Crippen LogP contribution in [-0.4, -0.2) is 17.7 Å². The monoisotopic (exact) mass is 314 g/mol. The summed E-state index contributed by atoms with van der Waals surface area (Å²) in [5, 5.41) is 9.73. The van der Waals surface area contributed by atoms with Crippen LogP contribution in [0.25, 0.3) is 0 Å². The molecule has 1 N–H and O–H groups in total. The molecule has 0 heterocycles. The zero-order valence-electron chi connectivity index (χ0n) is 9.96. The lowest BCUT2D eigenvalue weighted by atomic mass is 10.1. The number of aliphatic hydroxyl groups excluding tert-OH is 1. The van der Waals surface area contributed by atoms with Crippen molar-refractivity contribution in [1.29, 1.82) is 0 Å². The highest BCUT2D eigenvalue weighted by Gasteiger charge is 2.13. The molecule has 0 aliphatic rings. The number of carbonyl (C=O) groups is 1. The van der Waals surface area contributed by atoms with Gasteiger partial charge < -0.3 is 9.84 Å². The normalized spacial score (nSPS) is 11.4. The van der Waals surface area contributed by atoms with Gasteiger partial charge in [-0.3, -0.25) is 0 Å². The molecule has 1 aromatic carbocycles. The fourth-order valence-electron chi connectivity index (χ4n) is 1.32. The van der Waals surface area contributed by atoms with E-state index in [2.05, 4.69) is 32.5 Å². The number of benzene rings is 1. The summed E-state index contributed by atoms with van der Waals surface area (Å²) in [4.78, 5) is 11.0. The van der Waals surface area contributed by atoms with Gasteiger partial charge in [0.05, 0.1) is 6.61 Å². The maximum atomic E-state index is 13.7. The molecule has 18 heavy (non-hydrogen) atoms. The van der Waals surface area contributed by atoms with Crippen molar-refractivity contribution in [3.63, 3.8) is 0 Å². The van der Waals surface area contributed by atoms with Crippen LogP contribution < -0.4 is 0 Å². The van der Waals surface area contributed by atoms with Crippen molar-refractivity contribution in [1.82, 2.24) is 0 Å². The minimum Gasteiger partial charge on any atom is -0.456 e. The van der Waals surface area contributed by atoms with Crippen molar-refractivity contribution in [2.75, 3.05) is 6.61 Å². The maximum absolute atomic E-state index is 13.7. The lowest BCUT2D eigenvalue weighted by molar-refractivity contribution is -0.136. The van der Waals surface area contributed by atoms with E-state index in [0.717, 1.165) is 0 Å². The molecule has 0 fully saturated rings. The van der Waals surface area contributed by atoms with E-state index in [-0.39, 0.29) is 12.2 Å². The average Bonchev–Trinajstić information content (AvgIpc) is 2.31. The first kappa shape index (κ1) is 14.7. The first-order chi connectivity index (χ1) is 8.45. The first-order valence-corrected chi connectivity index (χ1v) is 6.07. The molecule has 5 heteroatoms. The van der Waals surface area contributed by atoms with Crippen molar-refractivity contribution >= 4 is 21.9 Å². The molecular weight excluding hydrogens is 303 g/mol. The van der Waals surface area contributed by atoms with Gasteiger partial charge in [-0.05, 0) is 31.5 Å². The number of hydrogen-bond acceptors (Lipinski definition) is 3. The summed E-state index contributed by atoms with van der Waals surface area (Å²) in [5.41, 5.74) is 0.412. The molecule has 0 spiro atoms. The summed E-state index contributed by atoms with van der Waals surface area (Å²) in [6, 6.07) is 3.01. The van der Waals surface area contributed by atoms with Crippen molar-refractivity contribution in [3.05, 3.63) is 33.5 Å². The van der Waals surface area contributed by atoms with E-state index < -0.39 is 17.9 Å². The van der Waals surface area contributed by atoms with Crippen LogP contribution in [0, 0.1) is 24.6 Å². The molecule has 0 saturated carbocycles. The number of hydrogen-bond donors (Lipinski definition) is 1. The number of aliphatic hydroxyl groups is 1. The first-order valence-electron chi connectivity index (χ1n) is 5.27. The fourth-order valence-corrected chi connectivity index (χ4v) is 1.91. The van der Waals surface area contributed by atoms with Gasteiger partial charge in [-0.15, -0.1) is 0 Å². The second-order valence-corrected chi connectivity index (χ2v) is 4.43. The highest BCUT2D eigenvalue weighted by molar-refractivity contribution is 9.10. The predicted molar refractivity (Wildman–Crippen MR) is 68.2 cm³/mol. The number of aryl methyl sites for hydroxylation is 1. The average molecular weight is 315 g/mol. The fraction of sp³-hybridized carbons (Fsp3) is 0.308. The van der Waals surface area contributed by atoms with E-state index in [1.807, 2.05) is 0 Å². The molecule has 0 aromatic heterocycles. The topological polar surface area (TPSA) is 46.5 Å². The number of carbonyl (C=O) groups excluding carboxylic acids is 1. The highest BCUT2D eigenvalue weighted by Crippen LogP contribution is 2.24. The van der Waals surface area contributed by atoms with Gasteiger partial charge in [-0.25, -0.2) is 9.18 Å². The Morgan fingerprint density at radius 1 is 1.61 bits per heavy atom. The van der Waals surface area contributed by atoms with Gasteiger partial charge in [-0.1, -0.05) is 21.9 Å². The summed E-state index contributed by atoms with van der Waals surface area (Å²) in [6.45, 7) is 3.43. The molecule has 1 rings (SSSR count). The van der Waals surface area contributed by atoms with Crippen molar-refractivity contribution in [3.8, 4) is 11.8 Å². The standard InChI is InChI=1S/C13H12BrFO3/c1-3-18-12(17)5-4-11(16)10-7-9(14)6-8(2)13(10)15/h6-7,11,16H,3H2,1-2H3. The third kappa shape index (κ3) is 3.83. The Morgan fingerprint density at radius 3 is 2.89 bits per heavy atom. The molecule has 0 amide bonds. The third-order valence-corrected chi connectivity index (χ3v) is 2.59. The Labute approximate surface area is 113 Å².